The number of hydrogen-bond donors (Lipinski definition) is 2. The lowest BCUT2D eigenvalue weighted by Crippen LogP contribution is -2.39. The van der Waals surface area contributed by atoms with Crippen LogP contribution in [0.3, 0.4) is 0 Å². The number of rotatable bonds is 14. The van der Waals surface area contributed by atoms with Crippen molar-refractivity contribution in [1.82, 2.24) is 5.32 Å². The van der Waals surface area contributed by atoms with E-state index in [4.69, 9.17) is 14.2 Å². The Bertz CT molecular complexity index is 1220. The van der Waals surface area contributed by atoms with E-state index in [1.165, 1.54) is 19.3 Å². The molecule has 7 nitrogen and oxygen atoms in total. The van der Waals surface area contributed by atoms with Gasteiger partial charge in [0.25, 0.3) is 0 Å². The molecule has 3 rings (SSSR count). The molecule has 0 saturated heterocycles. The summed E-state index contributed by atoms with van der Waals surface area (Å²) in [5, 5.41) is 8.11. The van der Waals surface area contributed by atoms with E-state index in [2.05, 4.69) is 17.6 Å². The van der Waals surface area contributed by atoms with Gasteiger partial charge in [0.1, 0.15) is 11.5 Å². The normalized spacial score (nSPS) is 12.0. The lowest BCUT2D eigenvalue weighted by molar-refractivity contribution is -0.158. The van der Waals surface area contributed by atoms with Crippen LogP contribution in [0.1, 0.15) is 77.8 Å². The zero-order chi connectivity index (χ0) is 28.3. The number of urea groups is 1. The van der Waals surface area contributed by atoms with Gasteiger partial charge in [-0.25, -0.2) is 9.59 Å². The summed E-state index contributed by atoms with van der Waals surface area (Å²) in [5.41, 5.74) is 0.473. The standard InChI is InChI=1S/C32H42N2O5/c1-6-8-9-10-11-16-27(24-17-20-25(21-18-24)39-32(3,4)30(35)38-7-2)33-31(36)34-28-22-19-23-14-12-13-15-26(23)29(28)37-5/h12-15,17-22,27H,6-11,16H2,1-5H3,(H2,33,34,36). The molecule has 0 saturated carbocycles. The zero-order valence-corrected chi connectivity index (χ0v) is 23.8. The summed E-state index contributed by atoms with van der Waals surface area (Å²) < 4.78 is 16.7. The predicted octanol–water partition coefficient (Wildman–Crippen LogP) is 7.79. The van der Waals surface area contributed by atoms with Gasteiger partial charge in [-0.3, -0.25) is 0 Å². The van der Waals surface area contributed by atoms with Gasteiger partial charge in [0.15, 0.2) is 5.60 Å². The van der Waals surface area contributed by atoms with Crippen molar-refractivity contribution < 1.29 is 23.8 Å². The fraction of sp³-hybridized carbons (Fsp3) is 0.438. The summed E-state index contributed by atoms with van der Waals surface area (Å²) in [6, 6.07) is 18.8. The predicted molar refractivity (Wildman–Crippen MR) is 157 cm³/mol. The van der Waals surface area contributed by atoms with Crippen LogP contribution in [-0.2, 0) is 9.53 Å². The van der Waals surface area contributed by atoms with Crippen LogP contribution >= 0.6 is 0 Å². The Kier molecular flexibility index (Phi) is 11.0. The first-order chi connectivity index (χ1) is 18.8. The maximum absolute atomic E-state index is 13.2. The number of anilines is 1. The van der Waals surface area contributed by atoms with Gasteiger partial charge in [-0.2, -0.15) is 0 Å². The SMILES string of the molecule is CCCCCCCC(NC(=O)Nc1ccc2ccccc2c1OC)c1ccc(OC(C)(C)C(=O)OCC)cc1. The van der Waals surface area contributed by atoms with E-state index in [-0.39, 0.29) is 12.1 Å². The van der Waals surface area contributed by atoms with Gasteiger partial charge in [0.2, 0.25) is 0 Å². The molecule has 3 aromatic carbocycles. The van der Waals surface area contributed by atoms with E-state index in [0.717, 1.165) is 35.6 Å². The average molecular weight is 535 g/mol. The summed E-state index contributed by atoms with van der Waals surface area (Å²) in [7, 11) is 1.61. The molecule has 210 valence electrons. The monoisotopic (exact) mass is 534 g/mol. The lowest BCUT2D eigenvalue weighted by atomic mass is 9.99. The summed E-state index contributed by atoms with van der Waals surface area (Å²) >= 11 is 0. The zero-order valence-electron chi connectivity index (χ0n) is 23.8. The minimum Gasteiger partial charge on any atom is -0.494 e. The van der Waals surface area contributed by atoms with Gasteiger partial charge >= 0.3 is 12.0 Å². The van der Waals surface area contributed by atoms with Crippen molar-refractivity contribution in [2.24, 2.45) is 0 Å². The number of amides is 2. The topological polar surface area (TPSA) is 85.9 Å². The van der Waals surface area contributed by atoms with E-state index in [1.54, 1.807) is 27.9 Å². The summed E-state index contributed by atoms with van der Waals surface area (Å²) in [5.74, 6) is 0.774. The smallest absolute Gasteiger partial charge is 0.349 e. The molecular weight excluding hydrogens is 492 g/mol. The largest absolute Gasteiger partial charge is 0.494 e. The Morgan fingerprint density at radius 1 is 0.897 bits per heavy atom. The highest BCUT2D eigenvalue weighted by Gasteiger charge is 2.31. The Morgan fingerprint density at radius 2 is 1.62 bits per heavy atom. The molecule has 0 aliphatic heterocycles. The van der Waals surface area contributed by atoms with Crippen LogP contribution in [0, 0.1) is 0 Å². The number of methoxy groups -OCH3 is 1. The highest BCUT2D eigenvalue weighted by molar-refractivity contribution is 5.99. The number of esters is 1. The molecule has 1 unspecified atom stereocenters. The fourth-order valence-corrected chi connectivity index (χ4v) is 4.56. The maximum Gasteiger partial charge on any atom is 0.349 e. The molecule has 0 aliphatic carbocycles. The number of benzene rings is 3. The molecule has 0 radical (unpaired) electrons. The Labute approximate surface area is 232 Å². The quantitative estimate of drug-likeness (QED) is 0.163. The first-order valence-electron chi connectivity index (χ1n) is 13.9. The van der Waals surface area contributed by atoms with Crippen LogP contribution in [0.15, 0.2) is 60.7 Å². The number of carbonyl (C=O) groups is 2. The van der Waals surface area contributed by atoms with E-state index >= 15 is 0 Å². The first kappa shape index (κ1) is 29.8. The van der Waals surface area contributed by atoms with Gasteiger partial charge in [-0.05, 0) is 56.3 Å². The Morgan fingerprint density at radius 3 is 2.31 bits per heavy atom. The number of carbonyl (C=O) groups excluding carboxylic acids is 2. The molecule has 3 aromatic rings. The van der Waals surface area contributed by atoms with Gasteiger partial charge in [0.05, 0.1) is 25.4 Å². The third-order valence-corrected chi connectivity index (χ3v) is 6.66. The average Bonchev–Trinajstić information content (AvgIpc) is 2.92. The summed E-state index contributed by atoms with van der Waals surface area (Å²) in [6.07, 6.45) is 6.49. The number of ether oxygens (including phenoxy) is 3. The second-order valence-corrected chi connectivity index (χ2v) is 10.1. The van der Waals surface area contributed by atoms with Gasteiger partial charge in [-0.1, -0.05) is 81.5 Å². The second-order valence-electron chi connectivity index (χ2n) is 10.1. The molecule has 0 heterocycles. The maximum atomic E-state index is 13.2. The molecule has 39 heavy (non-hydrogen) atoms. The molecule has 0 spiro atoms. The Balaban J connectivity index is 1.74. The van der Waals surface area contributed by atoms with Crippen LogP contribution in [0.2, 0.25) is 0 Å². The van der Waals surface area contributed by atoms with Crippen molar-refractivity contribution in [3.63, 3.8) is 0 Å². The van der Waals surface area contributed by atoms with Crippen molar-refractivity contribution >= 4 is 28.5 Å². The molecular formula is C32H42N2O5. The third kappa shape index (κ3) is 8.37. The third-order valence-electron chi connectivity index (χ3n) is 6.66. The fourth-order valence-electron chi connectivity index (χ4n) is 4.56. The van der Waals surface area contributed by atoms with Crippen molar-refractivity contribution in [2.75, 3.05) is 19.0 Å². The summed E-state index contributed by atoms with van der Waals surface area (Å²) in [6.45, 7) is 7.63. The van der Waals surface area contributed by atoms with Crippen molar-refractivity contribution in [3.8, 4) is 11.5 Å². The van der Waals surface area contributed by atoms with E-state index in [0.29, 0.717) is 23.8 Å². The first-order valence-corrected chi connectivity index (χ1v) is 13.9. The summed E-state index contributed by atoms with van der Waals surface area (Å²) in [4.78, 5) is 25.4. The molecule has 1 atom stereocenters. The van der Waals surface area contributed by atoms with Gasteiger partial charge < -0.3 is 24.8 Å². The number of fused-ring (bicyclic) bond motifs is 1. The lowest BCUT2D eigenvalue weighted by Gasteiger charge is -2.25. The van der Waals surface area contributed by atoms with Crippen molar-refractivity contribution in [1.29, 1.82) is 0 Å². The molecule has 0 fully saturated rings. The van der Waals surface area contributed by atoms with Gasteiger partial charge in [0, 0.05) is 5.39 Å². The second kappa shape index (κ2) is 14.4. The van der Waals surface area contributed by atoms with Crippen LogP contribution in [0.4, 0.5) is 10.5 Å². The van der Waals surface area contributed by atoms with Crippen molar-refractivity contribution in [2.45, 2.75) is 77.9 Å². The van der Waals surface area contributed by atoms with E-state index in [9.17, 15) is 9.59 Å². The van der Waals surface area contributed by atoms with Crippen LogP contribution in [-0.4, -0.2) is 31.3 Å². The van der Waals surface area contributed by atoms with Crippen LogP contribution < -0.4 is 20.1 Å². The molecule has 0 aliphatic rings. The molecule has 2 amide bonds. The number of hydrogen-bond acceptors (Lipinski definition) is 5. The van der Waals surface area contributed by atoms with Crippen LogP contribution in [0.25, 0.3) is 10.8 Å². The van der Waals surface area contributed by atoms with Gasteiger partial charge in [-0.15, -0.1) is 0 Å². The van der Waals surface area contributed by atoms with E-state index < -0.39 is 11.6 Å². The highest BCUT2D eigenvalue weighted by atomic mass is 16.6. The number of unbranched alkanes of at least 4 members (excludes halogenated alkanes) is 4. The molecule has 0 bridgehead atoms. The van der Waals surface area contributed by atoms with Crippen molar-refractivity contribution in [3.05, 3.63) is 66.2 Å². The molecule has 2 N–H and O–H groups in total. The minimum atomic E-state index is -1.10. The van der Waals surface area contributed by atoms with Crippen LogP contribution in [0.5, 0.6) is 11.5 Å². The highest BCUT2D eigenvalue weighted by Crippen LogP contribution is 2.34. The Hall–Kier alpha value is -3.74. The number of nitrogens with one attached hydrogen (secondary N) is 2. The molecule has 7 heteroatoms. The van der Waals surface area contributed by atoms with E-state index in [1.807, 2.05) is 60.7 Å². The minimum absolute atomic E-state index is 0.190. The molecule has 0 aromatic heterocycles.